The predicted octanol–water partition coefficient (Wildman–Crippen LogP) is 3.84. The number of aromatic hydroxyl groups is 2. The number of benzene rings is 2. The fourth-order valence-electron chi connectivity index (χ4n) is 2.06. The second kappa shape index (κ2) is 5.38. The lowest BCUT2D eigenvalue weighted by atomic mass is 9.83. The highest BCUT2D eigenvalue weighted by atomic mass is 16.3. The monoisotopic (exact) mass is 267 g/mol. The van der Waals surface area contributed by atoms with E-state index < -0.39 is 5.54 Å². The van der Waals surface area contributed by atoms with Crippen LogP contribution in [-0.2, 0) is 5.54 Å². The first-order valence-corrected chi connectivity index (χ1v) is 5.91. The molecule has 0 amide bonds. The molecule has 0 aliphatic carbocycles. The van der Waals surface area contributed by atoms with Gasteiger partial charge >= 0.3 is 0 Å². The Hall–Kier alpha value is -2.91. The van der Waals surface area contributed by atoms with Crippen molar-refractivity contribution in [3.63, 3.8) is 0 Å². The maximum absolute atomic E-state index is 9.37. The Bertz CT molecular complexity index is 611. The van der Waals surface area contributed by atoms with Gasteiger partial charge in [0.05, 0.1) is 0 Å². The minimum absolute atomic E-state index is 0.123. The topological polar surface area (TPSA) is 89.2 Å². The smallest absolute Gasteiger partial charge is 0.117 e. The Morgan fingerprint density at radius 2 is 1.35 bits per heavy atom. The van der Waals surface area contributed by atoms with Crippen LogP contribution in [0.2, 0.25) is 0 Å². The zero-order valence-corrected chi connectivity index (χ0v) is 10.6. The van der Waals surface area contributed by atoms with E-state index in [4.69, 9.17) is 5.53 Å². The molecule has 5 nitrogen and oxygen atoms in total. The van der Waals surface area contributed by atoms with E-state index in [1.165, 1.54) is 30.3 Å². The van der Waals surface area contributed by atoms with Crippen molar-refractivity contribution in [2.75, 3.05) is 0 Å². The lowest BCUT2D eigenvalue weighted by Crippen LogP contribution is -2.21. The molecule has 100 valence electrons. The molecule has 2 N–H and O–H groups in total. The Morgan fingerprint density at radius 3 is 1.65 bits per heavy atom. The SMILES string of the molecule is C=CC(N=[N+]=[N-])(c1ccc(O)cc1)c1ccc(O)cc1. The molecular formula is C15H13N3O2. The number of hydrogen-bond acceptors (Lipinski definition) is 3. The van der Waals surface area contributed by atoms with E-state index in [9.17, 15) is 10.2 Å². The summed E-state index contributed by atoms with van der Waals surface area (Å²) >= 11 is 0. The van der Waals surface area contributed by atoms with E-state index in [1.54, 1.807) is 24.3 Å². The van der Waals surface area contributed by atoms with Gasteiger partial charge in [-0.1, -0.05) is 35.5 Å². The van der Waals surface area contributed by atoms with Crippen LogP contribution in [0.4, 0.5) is 0 Å². The largest absolute Gasteiger partial charge is 0.508 e. The van der Waals surface area contributed by atoms with Crippen molar-refractivity contribution < 1.29 is 10.2 Å². The highest BCUT2D eigenvalue weighted by molar-refractivity contribution is 5.46. The summed E-state index contributed by atoms with van der Waals surface area (Å²) in [4.78, 5) is 2.91. The fourth-order valence-corrected chi connectivity index (χ4v) is 2.06. The highest BCUT2D eigenvalue weighted by Crippen LogP contribution is 2.36. The van der Waals surface area contributed by atoms with Gasteiger partial charge < -0.3 is 10.2 Å². The first-order chi connectivity index (χ1) is 9.62. The van der Waals surface area contributed by atoms with Crippen molar-refractivity contribution >= 4 is 0 Å². The number of azide groups is 1. The third-order valence-electron chi connectivity index (χ3n) is 3.11. The number of phenolic OH excluding ortho intramolecular Hbond substituents is 2. The molecule has 2 aromatic rings. The summed E-state index contributed by atoms with van der Waals surface area (Å²) in [6, 6.07) is 12.7. The quantitative estimate of drug-likeness (QED) is 0.381. The third-order valence-corrected chi connectivity index (χ3v) is 3.11. The molecule has 0 radical (unpaired) electrons. The van der Waals surface area contributed by atoms with Gasteiger partial charge in [-0.3, -0.25) is 0 Å². The molecule has 20 heavy (non-hydrogen) atoms. The fraction of sp³-hybridized carbons (Fsp3) is 0.0667. The summed E-state index contributed by atoms with van der Waals surface area (Å²) in [6.45, 7) is 3.76. The molecular weight excluding hydrogens is 254 g/mol. The second-order valence-electron chi connectivity index (χ2n) is 4.25. The van der Waals surface area contributed by atoms with Crippen LogP contribution in [0.5, 0.6) is 11.5 Å². The molecule has 0 unspecified atom stereocenters. The maximum Gasteiger partial charge on any atom is 0.117 e. The van der Waals surface area contributed by atoms with Crippen LogP contribution in [0.3, 0.4) is 0 Å². The molecule has 0 aliphatic rings. The van der Waals surface area contributed by atoms with Crippen molar-refractivity contribution in [1.29, 1.82) is 0 Å². The molecule has 0 atom stereocenters. The lowest BCUT2D eigenvalue weighted by Gasteiger charge is -2.26. The van der Waals surface area contributed by atoms with E-state index in [0.29, 0.717) is 11.1 Å². The average Bonchev–Trinajstić information content (AvgIpc) is 2.47. The van der Waals surface area contributed by atoms with E-state index in [0.717, 1.165) is 0 Å². The summed E-state index contributed by atoms with van der Waals surface area (Å²) in [5, 5.41) is 22.6. The Kier molecular flexibility index (Phi) is 3.64. The van der Waals surface area contributed by atoms with Crippen LogP contribution in [0.25, 0.3) is 10.4 Å². The van der Waals surface area contributed by atoms with Gasteiger partial charge in [-0.15, -0.1) is 6.58 Å². The average molecular weight is 267 g/mol. The number of nitrogens with zero attached hydrogens (tertiary/aromatic N) is 3. The molecule has 0 aromatic heterocycles. The molecule has 2 rings (SSSR count). The van der Waals surface area contributed by atoms with Gasteiger partial charge in [0.15, 0.2) is 0 Å². The van der Waals surface area contributed by atoms with Crippen molar-refractivity contribution in [3.8, 4) is 11.5 Å². The van der Waals surface area contributed by atoms with Crippen LogP contribution in [0.1, 0.15) is 11.1 Å². The van der Waals surface area contributed by atoms with Crippen LogP contribution in [-0.4, -0.2) is 10.2 Å². The van der Waals surface area contributed by atoms with Crippen molar-refractivity contribution in [2.45, 2.75) is 5.54 Å². The molecule has 0 spiro atoms. The molecule has 0 fully saturated rings. The van der Waals surface area contributed by atoms with Gasteiger partial charge in [-0.2, -0.15) is 0 Å². The molecule has 0 bridgehead atoms. The first kappa shape index (κ1) is 13.5. The van der Waals surface area contributed by atoms with Crippen molar-refractivity contribution in [3.05, 3.63) is 82.8 Å². The van der Waals surface area contributed by atoms with Gasteiger partial charge in [0.2, 0.25) is 0 Å². The van der Waals surface area contributed by atoms with Crippen molar-refractivity contribution in [1.82, 2.24) is 0 Å². The van der Waals surface area contributed by atoms with E-state index in [-0.39, 0.29) is 11.5 Å². The number of hydrogen-bond donors (Lipinski definition) is 2. The summed E-state index contributed by atoms with van der Waals surface area (Å²) in [5.41, 5.74) is 9.14. The zero-order chi connectivity index (χ0) is 14.6. The summed E-state index contributed by atoms with van der Waals surface area (Å²) in [5.74, 6) is 0.247. The van der Waals surface area contributed by atoms with E-state index in [1.807, 2.05) is 0 Å². The molecule has 5 heteroatoms. The van der Waals surface area contributed by atoms with Gasteiger partial charge in [0, 0.05) is 4.91 Å². The number of rotatable bonds is 4. The molecule has 2 aromatic carbocycles. The van der Waals surface area contributed by atoms with Crippen LogP contribution < -0.4 is 0 Å². The third kappa shape index (κ3) is 2.30. The van der Waals surface area contributed by atoms with E-state index >= 15 is 0 Å². The molecule has 0 saturated carbocycles. The van der Waals surface area contributed by atoms with Gasteiger partial charge in [-0.05, 0) is 40.9 Å². The number of phenols is 2. The van der Waals surface area contributed by atoms with Gasteiger partial charge in [0.25, 0.3) is 0 Å². The van der Waals surface area contributed by atoms with Crippen LogP contribution >= 0.6 is 0 Å². The molecule has 0 saturated heterocycles. The van der Waals surface area contributed by atoms with Crippen molar-refractivity contribution in [2.24, 2.45) is 5.11 Å². The predicted molar refractivity (Wildman–Crippen MR) is 76.3 cm³/mol. The van der Waals surface area contributed by atoms with Crippen LogP contribution in [0, 0.1) is 0 Å². The Morgan fingerprint density at radius 1 is 0.950 bits per heavy atom. The van der Waals surface area contributed by atoms with Gasteiger partial charge in [0.1, 0.15) is 17.0 Å². The van der Waals surface area contributed by atoms with Gasteiger partial charge in [-0.25, -0.2) is 0 Å². The molecule has 0 aliphatic heterocycles. The summed E-state index contributed by atoms with van der Waals surface area (Å²) < 4.78 is 0. The summed E-state index contributed by atoms with van der Waals surface area (Å²) in [6.07, 6.45) is 1.53. The maximum atomic E-state index is 9.37. The zero-order valence-electron chi connectivity index (χ0n) is 10.6. The summed E-state index contributed by atoms with van der Waals surface area (Å²) in [7, 11) is 0. The Balaban J connectivity index is 2.67. The normalized spacial score (nSPS) is 10.6. The lowest BCUT2D eigenvalue weighted by molar-refractivity contribution is 0.474. The molecule has 0 heterocycles. The van der Waals surface area contributed by atoms with E-state index in [2.05, 4.69) is 16.6 Å². The minimum atomic E-state index is -1.09. The highest BCUT2D eigenvalue weighted by Gasteiger charge is 2.30. The first-order valence-electron chi connectivity index (χ1n) is 5.91. The standard InChI is InChI=1S/C15H13N3O2/c1-2-15(17-18-16,11-3-7-13(19)8-4-11)12-5-9-14(20)10-6-12/h2-10,19-20H,1H2. The second-order valence-corrected chi connectivity index (χ2v) is 4.25. The van der Waals surface area contributed by atoms with Crippen LogP contribution in [0.15, 0.2) is 66.3 Å². The minimum Gasteiger partial charge on any atom is -0.508 e. The Labute approximate surface area is 116 Å².